The first-order valence-electron chi connectivity index (χ1n) is 6.74. The van der Waals surface area contributed by atoms with Crippen LogP contribution < -0.4 is 24.8 Å². The molecule has 0 saturated carbocycles. The van der Waals surface area contributed by atoms with Gasteiger partial charge in [0.2, 0.25) is 0 Å². The van der Waals surface area contributed by atoms with Crippen LogP contribution in [0.4, 0.5) is 0 Å². The summed E-state index contributed by atoms with van der Waals surface area (Å²) in [5.74, 6) is 0. The van der Waals surface area contributed by atoms with E-state index in [1.54, 1.807) is 0 Å². The van der Waals surface area contributed by atoms with Crippen LogP contribution in [0.2, 0.25) is 5.04 Å². The van der Waals surface area contributed by atoms with Crippen LogP contribution in [0.1, 0.15) is 43.9 Å². The van der Waals surface area contributed by atoms with Gasteiger partial charge in [-0.3, -0.25) is 12.2 Å². The Morgan fingerprint density at radius 2 is 1.82 bits per heavy atom. The zero-order valence-electron chi connectivity index (χ0n) is 13.2. The zero-order chi connectivity index (χ0) is 13.7. The summed E-state index contributed by atoms with van der Waals surface area (Å²) in [6.45, 7) is 6.90. The Bertz CT molecular complexity index is 506. The normalized spacial score (nSPS) is 16.6. The predicted molar refractivity (Wildman–Crippen MR) is 83.9 cm³/mol. The van der Waals surface area contributed by atoms with Gasteiger partial charge >= 0.3 is 26.2 Å². The molecule has 0 aliphatic heterocycles. The van der Waals surface area contributed by atoms with E-state index < -0.39 is 0 Å². The van der Waals surface area contributed by atoms with Crippen LogP contribution in [0.3, 0.4) is 0 Å². The summed E-state index contributed by atoms with van der Waals surface area (Å²) < 4.78 is 0. The van der Waals surface area contributed by atoms with Crippen LogP contribution in [0.15, 0.2) is 42.5 Å². The van der Waals surface area contributed by atoms with Gasteiger partial charge in [0.1, 0.15) is 0 Å². The maximum atomic E-state index is 3.47. The fourth-order valence-electron chi connectivity index (χ4n) is 2.06. The van der Waals surface area contributed by atoms with Gasteiger partial charge in [-0.15, -0.1) is 18.1 Å². The molecule has 4 heteroatoms. The van der Waals surface area contributed by atoms with E-state index in [0.717, 1.165) is 15.9 Å². The van der Waals surface area contributed by atoms with E-state index in [9.17, 15) is 0 Å². The maximum absolute atomic E-state index is 3.47. The van der Waals surface area contributed by atoms with Crippen LogP contribution >= 0.6 is 0 Å². The van der Waals surface area contributed by atoms with Crippen molar-refractivity contribution in [2.45, 2.75) is 37.8 Å². The van der Waals surface area contributed by atoms with Gasteiger partial charge < -0.3 is 24.8 Å². The van der Waals surface area contributed by atoms with E-state index in [4.69, 9.17) is 0 Å². The largest absolute Gasteiger partial charge is 4.00 e. The molecule has 1 unspecified atom stereocenters. The van der Waals surface area contributed by atoms with Gasteiger partial charge in [0.15, 0.2) is 0 Å². The summed E-state index contributed by atoms with van der Waals surface area (Å²) in [6, 6.07) is 8.63. The molecule has 2 aliphatic rings. The average Bonchev–Trinajstić information content (AvgIpc) is 3.01. The van der Waals surface area contributed by atoms with Gasteiger partial charge in [-0.25, -0.2) is 18.2 Å². The molecule has 2 radical (unpaired) electrons. The molecule has 0 fully saturated rings. The van der Waals surface area contributed by atoms with Gasteiger partial charge in [-0.2, -0.15) is 11.6 Å². The Kier molecular flexibility index (Phi) is 12.9. The summed E-state index contributed by atoms with van der Waals surface area (Å²) in [5.41, 5.74) is 3.35. The molecule has 22 heavy (non-hydrogen) atoms. The molecule has 0 spiro atoms. The average molecular weight is 427 g/mol. The molecule has 0 amide bonds. The van der Waals surface area contributed by atoms with E-state index >= 15 is 0 Å². The summed E-state index contributed by atoms with van der Waals surface area (Å²) >= 11 is 0. The Morgan fingerprint density at radius 3 is 2.32 bits per heavy atom. The molecular weight excluding hydrogens is 406 g/mol. The predicted octanol–water partition coefficient (Wildman–Crippen LogP) is -1.21. The molecule has 0 aromatic heterocycles. The minimum atomic E-state index is 0. The molecule has 0 saturated heterocycles. The van der Waals surface area contributed by atoms with Crippen molar-refractivity contribution in [3.05, 3.63) is 65.8 Å². The first kappa shape index (κ1) is 24.4. The van der Waals surface area contributed by atoms with Crippen molar-refractivity contribution >= 4 is 15.6 Å². The van der Waals surface area contributed by atoms with Crippen molar-refractivity contribution in [1.82, 2.24) is 0 Å². The van der Waals surface area contributed by atoms with Gasteiger partial charge in [0.05, 0.1) is 0 Å². The SMILES string of the molecule is CC(C)(C)[Si]C1[C-]=Cc2ccccc21.[C-]1=CC=CC1.[Cl-].[Cl-].[Zr+4]. The fourth-order valence-corrected chi connectivity index (χ4v) is 3.51. The summed E-state index contributed by atoms with van der Waals surface area (Å²) in [5, 5.41) is 0.406. The van der Waals surface area contributed by atoms with Crippen molar-refractivity contribution in [2.75, 3.05) is 0 Å². The Hall–Kier alpha value is 0.120. The second-order valence-corrected chi connectivity index (χ2v) is 8.14. The molecule has 1 aromatic rings. The minimum Gasteiger partial charge on any atom is -1.00 e. The second kappa shape index (κ2) is 11.6. The van der Waals surface area contributed by atoms with Crippen molar-refractivity contribution < 1.29 is 51.0 Å². The van der Waals surface area contributed by atoms with E-state index in [0.29, 0.717) is 10.6 Å². The Balaban J connectivity index is 0. The molecular formula is C18H20Cl2SiZr. The van der Waals surface area contributed by atoms with Crippen molar-refractivity contribution in [2.24, 2.45) is 0 Å². The maximum Gasteiger partial charge on any atom is 4.00 e. The number of rotatable bonds is 1. The quantitative estimate of drug-likeness (QED) is 0.391. The molecule has 3 rings (SSSR count). The monoisotopic (exact) mass is 424 g/mol. The van der Waals surface area contributed by atoms with E-state index in [-0.39, 0.29) is 51.0 Å². The topological polar surface area (TPSA) is 0 Å². The standard InChI is InChI=1S/C13H15Si.C5H5.2ClH.Zr/c1-13(2,3)14-12-9-8-10-6-4-5-7-11(10)12;1-2-4-5-3-1;;;/h4-8,12H,1-3H3;1-3H,4H2;2*1H;/q2*-1;;;+4/p-2. The molecule has 1 atom stereocenters. The van der Waals surface area contributed by atoms with Crippen molar-refractivity contribution in [3.63, 3.8) is 0 Å². The van der Waals surface area contributed by atoms with Gasteiger partial charge in [-0.05, 0) is 5.04 Å². The van der Waals surface area contributed by atoms with E-state index in [1.165, 1.54) is 11.1 Å². The number of allylic oxidation sites excluding steroid dienone is 5. The first-order valence-corrected chi connectivity index (χ1v) is 7.82. The van der Waals surface area contributed by atoms with E-state index in [1.807, 2.05) is 12.2 Å². The van der Waals surface area contributed by atoms with E-state index in [2.05, 4.69) is 69.3 Å². The van der Waals surface area contributed by atoms with Crippen LogP contribution in [0.5, 0.6) is 0 Å². The van der Waals surface area contributed by atoms with Gasteiger partial charge in [-0.1, -0.05) is 44.5 Å². The van der Waals surface area contributed by atoms with Crippen LogP contribution in [-0.4, -0.2) is 9.52 Å². The third kappa shape index (κ3) is 8.11. The molecule has 0 heterocycles. The number of fused-ring (bicyclic) bond motifs is 1. The Morgan fingerprint density at radius 1 is 1.14 bits per heavy atom. The minimum absolute atomic E-state index is 0. The van der Waals surface area contributed by atoms with Crippen molar-refractivity contribution in [3.8, 4) is 0 Å². The number of hydrogen-bond donors (Lipinski definition) is 0. The van der Waals surface area contributed by atoms with Crippen LogP contribution in [0.25, 0.3) is 6.08 Å². The summed E-state index contributed by atoms with van der Waals surface area (Å²) in [4.78, 5) is 0. The van der Waals surface area contributed by atoms with Gasteiger partial charge in [0, 0.05) is 9.52 Å². The van der Waals surface area contributed by atoms with Crippen molar-refractivity contribution in [1.29, 1.82) is 0 Å². The first-order chi connectivity index (χ1) is 9.06. The zero-order valence-corrected chi connectivity index (χ0v) is 18.1. The molecule has 1 aromatic carbocycles. The molecule has 0 nitrogen and oxygen atoms in total. The smallest absolute Gasteiger partial charge is 1.00 e. The Labute approximate surface area is 169 Å². The van der Waals surface area contributed by atoms with Crippen LogP contribution in [0, 0.1) is 12.2 Å². The number of hydrogen-bond acceptors (Lipinski definition) is 0. The molecule has 2 aliphatic carbocycles. The second-order valence-electron chi connectivity index (χ2n) is 5.77. The molecule has 0 N–H and O–H groups in total. The van der Waals surface area contributed by atoms with Crippen LogP contribution in [-0.2, 0) is 26.2 Å². The molecule has 114 valence electrons. The third-order valence-electron chi connectivity index (χ3n) is 2.88. The summed E-state index contributed by atoms with van der Waals surface area (Å²) in [7, 11) is 0.920. The third-order valence-corrected chi connectivity index (χ3v) is 4.51. The summed E-state index contributed by atoms with van der Waals surface area (Å²) in [6.07, 6.45) is 15.6. The number of halogens is 2. The number of benzene rings is 1. The fraction of sp³-hybridized carbons (Fsp3) is 0.333. The van der Waals surface area contributed by atoms with Gasteiger partial charge in [0.25, 0.3) is 0 Å². The molecule has 0 bridgehead atoms.